The van der Waals surface area contributed by atoms with Crippen LogP contribution < -0.4 is 11.1 Å². The van der Waals surface area contributed by atoms with Crippen molar-refractivity contribution < 1.29 is 4.79 Å². The standard InChI is InChI=1S/C12H18N2O.CH4S/c1-9(2)14-8-7-12(15)10-5-3-4-6-11(10)13;1-2/h3-6,9,14H,7-8,13H2,1-2H3;2H,1H3. The largest absolute Gasteiger partial charge is 0.398 e. The molecule has 0 aliphatic rings. The molecular formula is C13H22N2OS. The second-order valence-electron chi connectivity index (χ2n) is 3.87. The predicted molar refractivity (Wildman–Crippen MR) is 77.9 cm³/mol. The van der Waals surface area contributed by atoms with E-state index >= 15 is 0 Å². The average molecular weight is 254 g/mol. The number of benzene rings is 1. The van der Waals surface area contributed by atoms with Gasteiger partial charge in [0.05, 0.1) is 0 Å². The van der Waals surface area contributed by atoms with Gasteiger partial charge in [0.1, 0.15) is 0 Å². The van der Waals surface area contributed by atoms with Crippen LogP contribution in [0.15, 0.2) is 24.3 Å². The number of anilines is 1. The highest BCUT2D eigenvalue weighted by atomic mass is 32.1. The van der Waals surface area contributed by atoms with Gasteiger partial charge in [0.2, 0.25) is 0 Å². The van der Waals surface area contributed by atoms with E-state index in [-0.39, 0.29) is 5.78 Å². The molecule has 1 aromatic carbocycles. The second kappa shape index (κ2) is 9.07. The minimum Gasteiger partial charge on any atom is -0.398 e. The first-order valence-corrected chi connectivity index (χ1v) is 6.56. The van der Waals surface area contributed by atoms with E-state index in [0.29, 0.717) is 30.3 Å². The van der Waals surface area contributed by atoms with Gasteiger partial charge >= 0.3 is 0 Å². The molecule has 0 saturated carbocycles. The number of ketones is 1. The summed E-state index contributed by atoms with van der Waals surface area (Å²) in [6.45, 7) is 4.81. The molecule has 0 atom stereocenters. The van der Waals surface area contributed by atoms with E-state index in [0.717, 1.165) is 0 Å². The molecule has 0 spiro atoms. The van der Waals surface area contributed by atoms with Crippen molar-refractivity contribution in [3.8, 4) is 0 Å². The molecule has 0 amide bonds. The molecule has 0 fully saturated rings. The number of carbonyl (C=O) groups is 1. The van der Waals surface area contributed by atoms with Crippen LogP contribution in [0.25, 0.3) is 0 Å². The summed E-state index contributed by atoms with van der Waals surface area (Å²) >= 11 is 3.53. The number of thiol groups is 1. The van der Waals surface area contributed by atoms with Gasteiger partial charge in [0.25, 0.3) is 0 Å². The Kier molecular flexibility index (Phi) is 8.54. The zero-order chi connectivity index (χ0) is 13.3. The molecule has 0 unspecified atom stereocenters. The van der Waals surface area contributed by atoms with Crippen LogP contribution in [0.3, 0.4) is 0 Å². The summed E-state index contributed by atoms with van der Waals surface area (Å²) in [5, 5.41) is 3.20. The van der Waals surface area contributed by atoms with Gasteiger partial charge in [-0.25, -0.2) is 0 Å². The van der Waals surface area contributed by atoms with Crippen molar-refractivity contribution in [3.05, 3.63) is 29.8 Å². The second-order valence-corrected chi connectivity index (χ2v) is 3.87. The summed E-state index contributed by atoms with van der Waals surface area (Å²) in [5.74, 6) is 0.0984. The van der Waals surface area contributed by atoms with Gasteiger partial charge in [-0.3, -0.25) is 4.79 Å². The van der Waals surface area contributed by atoms with Crippen LogP contribution in [0.4, 0.5) is 5.69 Å². The first-order valence-electron chi connectivity index (χ1n) is 5.67. The maximum Gasteiger partial charge on any atom is 0.166 e. The summed E-state index contributed by atoms with van der Waals surface area (Å²) in [5.41, 5.74) is 6.90. The maximum atomic E-state index is 11.7. The molecule has 96 valence electrons. The van der Waals surface area contributed by atoms with E-state index < -0.39 is 0 Å². The molecule has 1 aromatic rings. The molecule has 0 radical (unpaired) electrons. The molecule has 0 heterocycles. The lowest BCUT2D eigenvalue weighted by molar-refractivity contribution is 0.0983. The lowest BCUT2D eigenvalue weighted by Crippen LogP contribution is -2.25. The number of carbonyl (C=O) groups excluding carboxylic acids is 1. The summed E-state index contributed by atoms with van der Waals surface area (Å²) in [7, 11) is 0. The zero-order valence-electron chi connectivity index (χ0n) is 10.7. The van der Waals surface area contributed by atoms with Crippen LogP contribution in [-0.4, -0.2) is 24.6 Å². The molecule has 0 saturated heterocycles. The Hall–Kier alpha value is -1.000. The molecule has 0 aliphatic carbocycles. The van der Waals surface area contributed by atoms with Gasteiger partial charge in [-0.05, 0) is 18.4 Å². The number of hydrogen-bond donors (Lipinski definition) is 3. The van der Waals surface area contributed by atoms with Crippen molar-refractivity contribution >= 4 is 24.1 Å². The van der Waals surface area contributed by atoms with Gasteiger partial charge in [-0.1, -0.05) is 26.0 Å². The fraction of sp³-hybridized carbons (Fsp3) is 0.462. The van der Waals surface area contributed by atoms with Gasteiger partial charge in [0, 0.05) is 30.3 Å². The van der Waals surface area contributed by atoms with E-state index in [1.54, 1.807) is 18.4 Å². The molecule has 17 heavy (non-hydrogen) atoms. The highest BCUT2D eigenvalue weighted by Crippen LogP contribution is 2.12. The van der Waals surface area contributed by atoms with Crippen molar-refractivity contribution in [3.63, 3.8) is 0 Å². The number of rotatable bonds is 5. The Morgan fingerprint density at radius 1 is 1.35 bits per heavy atom. The predicted octanol–water partition coefficient (Wildman–Crippen LogP) is 2.39. The first kappa shape index (κ1) is 16.0. The van der Waals surface area contributed by atoms with Crippen LogP contribution in [0.2, 0.25) is 0 Å². The van der Waals surface area contributed by atoms with Crippen LogP contribution in [0.5, 0.6) is 0 Å². The smallest absolute Gasteiger partial charge is 0.166 e. The SMILES string of the molecule is CC(C)NCCC(=O)c1ccccc1N.CS. The summed E-state index contributed by atoms with van der Waals surface area (Å²) in [6.07, 6.45) is 2.19. The normalized spacial score (nSPS) is 9.71. The van der Waals surface area contributed by atoms with Crippen LogP contribution >= 0.6 is 12.6 Å². The van der Waals surface area contributed by atoms with Gasteiger partial charge in [0.15, 0.2) is 5.78 Å². The number of nitrogens with one attached hydrogen (secondary N) is 1. The van der Waals surface area contributed by atoms with Crippen molar-refractivity contribution in [2.24, 2.45) is 0 Å². The molecule has 1 rings (SSSR count). The van der Waals surface area contributed by atoms with Crippen molar-refractivity contribution in [1.29, 1.82) is 0 Å². The minimum atomic E-state index is 0.0984. The Morgan fingerprint density at radius 2 is 1.94 bits per heavy atom. The van der Waals surface area contributed by atoms with E-state index in [9.17, 15) is 4.79 Å². The Labute approximate surface area is 109 Å². The van der Waals surface area contributed by atoms with Crippen molar-refractivity contribution in [2.75, 3.05) is 18.5 Å². The highest BCUT2D eigenvalue weighted by molar-refractivity contribution is 7.79. The number of nitrogens with two attached hydrogens (primary N) is 1. The molecule has 0 aliphatic heterocycles. The molecule has 0 bridgehead atoms. The van der Waals surface area contributed by atoms with E-state index in [4.69, 9.17) is 5.73 Å². The number of nitrogen functional groups attached to an aromatic ring is 1. The Morgan fingerprint density at radius 3 is 2.47 bits per heavy atom. The number of hydrogen-bond acceptors (Lipinski definition) is 4. The summed E-state index contributed by atoms with van der Waals surface area (Å²) in [4.78, 5) is 11.7. The summed E-state index contributed by atoms with van der Waals surface area (Å²) < 4.78 is 0. The van der Waals surface area contributed by atoms with E-state index in [1.165, 1.54) is 0 Å². The Balaban J connectivity index is 0.00000121. The zero-order valence-corrected chi connectivity index (χ0v) is 11.6. The third kappa shape index (κ3) is 6.34. The average Bonchev–Trinajstić information content (AvgIpc) is 2.31. The van der Waals surface area contributed by atoms with Gasteiger partial charge in [-0.2, -0.15) is 12.6 Å². The van der Waals surface area contributed by atoms with Crippen molar-refractivity contribution in [1.82, 2.24) is 5.32 Å². The van der Waals surface area contributed by atoms with Crippen LogP contribution in [0, 0.1) is 0 Å². The monoisotopic (exact) mass is 254 g/mol. The first-order chi connectivity index (χ1) is 8.11. The molecular weight excluding hydrogens is 232 g/mol. The number of Topliss-reactive ketones (excluding diaryl/α,β-unsaturated/α-hetero) is 1. The lowest BCUT2D eigenvalue weighted by atomic mass is 10.1. The van der Waals surface area contributed by atoms with Crippen molar-refractivity contribution in [2.45, 2.75) is 26.3 Å². The molecule has 0 aromatic heterocycles. The lowest BCUT2D eigenvalue weighted by Gasteiger charge is -2.08. The minimum absolute atomic E-state index is 0.0984. The van der Waals surface area contributed by atoms with Gasteiger partial charge < -0.3 is 11.1 Å². The Bertz CT molecular complexity index is 340. The van der Waals surface area contributed by atoms with E-state index in [2.05, 4.69) is 31.8 Å². The quantitative estimate of drug-likeness (QED) is 0.429. The fourth-order valence-electron chi connectivity index (χ4n) is 1.36. The summed E-state index contributed by atoms with van der Waals surface area (Å²) in [6, 6.07) is 7.60. The maximum absolute atomic E-state index is 11.7. The van der Waals surface area contributed by atoms with Crippen LogP contribution in [0.1, 0.15) is 30.6 Å². The van der Waals surface area contributed by atoms with Crippen LogP contribution in [-0.2, 0) is 0 Å². The number of para-hydroxylation sites is 1. The third-order valence-electron chi connectivity index (χ3n) is 2.17. The molecule has 4 heteroatoms. The molecule has 3 nitrogen and oxygen atoms in total. The fourth-order valence-corrected chi connectivity index (χ4v) is 1.36. The van der Waals surface area contributed by atoms with Gasteiger partial charge in [-0.15, -0.1) is 0 Å². The highest BCUT2D eigenvalue weighted by Gasteiger charge is 2.08. The van der Waals surface area contributed by atoms with E-state index in [1.807, 2.05) is 12.1 Å². The third-order valence-corrected chi connectivity index (χ3v) is 2.17. The topological polar surface area (TPSA) is 55.1 Å². The molecule has 3 N–H and O–H groups in total.